The molecular weight excluding hydrogens is 226 g/mol. The average molecular weight is 245 g/mol. The quantitative estimate of drug-likeness (QED) is 0.850. The van der Waals surface area contributed by atoms with Crippen molar-refractivity contribution in [1.82, 2.24) is 5.32 Å². The molecule has 0 aromatic heterocycles. The van der Waals surface area contributed by atoms with Crippen molar-refractivity contribution in [1.29, 1.82) is 0 Å². The molecule has 0 aliphatic rings. The van der Waals surface area contributed by atoms with Gasteiger partial charge in [-0.3, -0.25) is 0 Å². The van der Waals surface area contributed by atoms with Crippen LogP contribution in [0.4, 0.5) is 0 Å². The number of benzene rings is 2. The highest BCUT2D eigenvalue weighted by Gasteiger charge is 2.13. The van der Waals surface area contributed by atoms with Crippen LogP contribution < -0.4 is 10.1 Å². The number of nitrogens with one attached hydrogen (secondary N) is 1. The van der Waals surface area contributed by atoms with E-state index in [1.54, 1.807) is 7.11 Å². The molecule has 0 aliphatic carbocycles. The zero-order valence-electron chi connectivity index (χ0n) is 10.8. The van der Waals surface area contributed by atoms with E-state index in [9.17, 15) is 0 Å². The van der Waals surface area contributed by atoms with E-state index < -0.39 is 0 Å². The lowest BCUT2D eigenvalue weighted by molar-refractivity contribution is 0.269. The summed E-state index contributed by atoms with van der Waals surface area (Å²) in [5.41, 5.74) is 1.20. The molecule has 3 heteroatoms. The molecule has 2 aromatic rings. The van der Waals surface area contributed by atoms with Gasteiger partial charge in [0, 0.05) is 18.0 Å². The van der Waals surface area contributed by atoms with E-state index in [1.165, 1.54) is 10.9 Å². The maximum absolute atomic E-state index is 9.14. The molecule has 0 saturated carbocycles. The van der Waals surface area contributed by atoms with E-state index in [-0.39, 0.29) is 12.6 Å². The number of hydrogen-bond donors (Lipinski definition) is 2. The van der Waals surface area contributed by atoms with Crippen LogP contribution in [-0.2, 0) is 0 Å². The van der Waals surface area contributed by atoms with Gasteiger partial charge in [0.15, 0.2) is 0 Å². The molecule has 0 bridgehead atoms. The lowest BCUT2D eigenvalue weighted by Crippen LogP contribution is -2.18. The van der Waals surface area contributed by atoms with Crippen LogP contribution in [-0.4, -0.2) is 25.9 Å². The van der Waals surface area contributed by atoms with E-state index in [0.29, 0.717) is 6.42 Å². The van der Waals surface area contributed by atoms with Crippen LogP contribution in [0, 0.1) is 0 Å². The fraction of sp³-hybridized carbons (Fsp3) is 0.333. The zero-order valence-corrected chi connectivity index (χ0v) is 10.8. The molecule has 3 nitrogen and oxygen atoms in total. The maximum Gasteiger partial charge on any atom is 0.126 e. The minimum Gasteiger partial charge on any atom is -0.496 e. The summed E-state index contributed by atoms with van der Waals surface area (Å²) in [6, 6.07) is 12.4. The van der Waals surface area contributed by atoms with E-state index in [1.807, 2.05) is 25.2 Å². The average Bonchev–Trinajstić information content (AvgIpc) is 2.44. The SMILES string of the molecule is CNC(CCO)c1ccc(OC)c2ccccc12. The first-order chi connectivity index (χ1) is 8.81. The first-order valence-electron chi connectivity index (χ1n) is 6.15. The Morgan fingerprint density at radius 1 is 1.17 bits per heavy atom. The van der Waals surface area contributed by atoms with Crippen molar-refractivity contribution in [3.63, 3.8) is 0 Å². The van der Waals surface area contributed by atoms with Crippen molar-refractivity contribution in [2.45, 2.75) is 12.5 Å². The van der Waals surface area contributed by atoms with Crippen LogP contribution in [0.15, 0.2) is 36.4 Å². The monoisotopic (exact) mass is 245 g/mol. The van der Waals surface area contributed by atoms with Gasteiger partial charge in [0.1, 0.15) is 5.75 Å². The van der Waals surface area contributed by atoms with Crippen molar-refractivity contribution >= 4 is 10.8 Å². The van der Waals surface area contributed by atoms with Gasteiger partial charge in [-0.15, -0.1) is 0 Å². The second-order valence-electron chi connectivity index (χ2n) is 4.26. The molecule has 0 fully saturated rings. The smallest absolute Gasteiger partial charge is 0.126 e. The third kappa shape index (κ3) is 2.33. The number of rotatable bonds is 5. The van der Waals surface area contributed by atoms with E-state index in [2.05, 4.69) is 23.5 Å². The Hall–Kier alpha value is -1.58. The summed E-state index contributed by atoms with van der Waals surface area (Å²) in [6.45, 7) is 0.172. The normalized spacial score (nSPS) is 12.6. The standard InChI is InChI=1S/C15H19NO2/c1-16-14(9-10-17)12-7-8-15(18-2)13-6-4-3-5-11(12)13/h3-8,14,16-17H,9-10H2,1-2H3. The second-order valence-corrected chi connectivity index (χ2v) is 4.26. The highest BCUT2D eigenvalue weighted by molar-refractivity contribution is 5.91. The fourth-order valence-corrected chi connectivity index (χ4v) is 2.36. The summed E-state index contributed by atoms with van der Waals surface area (Å²) in [5.74, 6) is 0.883. The van der Waals surface area contributed by atoms with Crippen molar-refractivity contribution in [3.8, 4) is 5.75 Å². The lowest BCUT2D eigenvalue weighted by Gasteiger charge is -2.18. The maximum atomic E-state index is 9.14. The van der Waals surface area contributed by atoms with E-state index in [0.717, 1.165) is 11.1 Å². The van der Waals surface area contributed by atoms with Crippen LogP contribution in [0.1, 0.15) is 18.0 Å². The molecule has 18 heavy (non-hydrogen) atoms. The molecule has 1 atom stereocenters. The van der Waals surface area contributed by atoms with Gasteiger partial charge in [0.25, 0.3) is 0 Å². The molecule has 2 aromatic carbocycles. The number of aliphatic hydroxyl groups is 1. The van der Waals surface area contributed by atoms with Crippen LogP contribution in [0.25, 0.3) is 10.8 Å². The third-order valence-corrected chi connectivity index (χ3v) is 3.28. The second kappa shape index (κ2) is 5.85. The van der Waals surface area contributed by atoms with Gasteiger partial charge in [-0.25, -0.2) is 0 Å². The van der Waals surface area contributed by atoms with Crippen molar-refractivity contribution in [3.05, 3.63) is 42.0 Å². The van der Waals surface area contributed by atoms with Crippen LogP contribution in [0.5, 0.6) is 5.75 Å². The summed E-state index contributed by atoms with van der Waals surface area (Å²) in [7, 11) is 3.60. The van der Waals surface area contributed by atoms with Gasteiger partial charge in [-0.05, 0) is 30.5 Å². The molecule has 0 spiro atoms. The lowest BCUT2D eigenvalue weighted by atomic mass is 9.96. The van der Waals surface area contributed by atoms with Gasteiger partial charge >= 0.3 is 0 Å². The molecule has 1 unspecified atom stereocenters. The van der Waals surface area contributed by atoms with Gasteiger partial charge in [0.05, 0.1) is 7.11 Å². The molecule has 0 amide bonds. The van der Waals surface area contributed by atoms with Crippen LogP contribution >= 0.6 is 0 Å². The minimum atomic E-state index is 0.158. The van der Waals surface area contributed by atoms with Gasteiger partial charge in [0.2, 0.25) is 0 Å². The third-order valence-electron chi connectivity index (χ3n) is 3.28. The van der Waals surface area contributed by atoms with E-state index in [4.69, 9.17) is 9.84 Å². The Bertz CT molecular complexity index is 525. The van der Waals surface area contributed by atoms with E-state index >= 15 is 0 Å². The Balaban J connectivity index is 2.58. The number of hydrogen-bond acceptors (Lipinski definition) is 3. The highest BCUT2D eigenvalue weighted by atomic mass is 16.5. The first-order valence-corrected chi connectivity index (χ1v) is 6.15. The number of fused-ring (bicyclic) bond motifs is 1. The predicted molar refractivity (Wildman–Crippen MR) is 74.0 cm³/mol. The predicted octanol–water partition coefficient (Wildman–Crippen LogP) is 2.49. The molecule has 0 heterocycles. The van der Waals surface area contributed by atoms with Gasteiger partial charge in [-0.2, -0.15) is 0 Å². The Kier molecular flexibility index (Phi) is 4.18. The summed E-state index contributed by atoms with van der Waals surface area (Å²) in [6.07, 6.45) is 0.701. The summed E-state index contributed by atoms with van der Waals surface area (Å²) in [5, 5.41) is 14.7. The molecule has 96 valence electrons. The highest BCUT2D eigenvalue weighted by Crippen LogP contribution is 2.32. The molecule has 2 N–H and O–H groups in total. The number of methoxy groups -OCH3 is 1. The summed E-state index contributed by atoms with van der Waals surface area (Å²) >= 11 is 0. The molecule has 0 saturated heterocycles. The van der Waals surface area contributed by atoms with Crippen LogP contribution in [0.3, 0.4) is 0 Å². The minimum absolute atomic E-state index is 0.158. The number of aliphatic hydroxyl groups excluding tert-OH is 1. The Morgan fingerprint density at radius 2 is 1.89 bits per heavy atom. The molecular formula is C15H19NO2. The summed E-state index contributed by atoms with van der Waals surface area (Å²) < 4.78 is 5.39. The first kappa shape index (κ1) is 12.9. The molecule has 0 radical (unpaired) electrons. The van der Waals surface area contributed by atoms with Crippen LogP contribution in [0.2, 0.25) is 0 Å². The summed E-state index contributed by atoms with van der Waals surface area (Å²) in [4.78, 5) is 0. The molecule has 0 aliphatic heterocycles. The van der Waals surface area contributed by atoms with Crippen molar-refractivity contribution in [2.75, 3.05) is 20.8 Å². The Labute approximate surface area is 107 Å². The zero-order chi connectivity index (χ0) is 13.0. The number of ether oxygens (including phenoxy) is 1. The fourth-order valence-electron chi connectivity index (χ4n) is 2.36. The topological polar surface area (TPSA) is 41.5 Å². The van der Waals surface area contributed by atoms with Crippen molar-refractivity contribution < 1.29 is 9.84 Å². The Morgan fingerprint density at radius 3 is 2.50 bits per heavy atom. The largest absolute Gasteiger partial charge is 0.496 e. The van der Waals surface area contributed by atoms with Crippen molar-refractivity contribution in [2.24, 2.45) is 0 Å². The van der Waals surface area contributed by atoms with Gasteiger partial charge in [-0.1, -0.05) is 30.3 Å². The van der Waals surface area contributed by atoms with Gasteiger partial charge < -0.3 is 15.2 Å². The molecule has 2 rings (SSSR count).